The van der Waals surface area contributed by atoms with Crippen LogP contribution in [0.25, 0.3) is 0 Å². The van der Waals surface area contributed by atoms with Gasteiger partial charge in [0.15, 0.2) is 0 Å². The molecule has 0 unspecified atom stereocenters. The molecule has 0 bridgehead atoms. The number of hydrogen-bond acceptors (Lipinski definition) is 4. The molecule has 2 atom stereocenters. The fourth-order valence-corrected chi connectivity index (χ4v) is 1.79. The summed E-state index contributed by atoms with van der Waals surface area (Å²) in [4.78, 5) is 0. The molecule has 0 spiro atoms. The molecule has 1 N–H and O–H groups in total. The molecule has 14 heavy (non-hydrogen) atoms. The normalized spacial score (nSPS) is 29.4. The first-order valence-electron chi connectivity index (χ1n) is 4.67. The van der Waals surface area contributed by atoms with Gasteiger partial charge in [-0.15, -0.1) is 0 Å². The Morgan fingerprint density at radius 2 is 2.21 bits per heavy atom. The highest BCUT2D eigenvalue weighted by molar-refractivity contribution is 7.88. The number of sulfonamides is 1. The van der Waals surface area contributed by atoms with Crippen LogP contribution in [-0.2, 0) is 14.8 Å². The number of nitrogens with zero attached hydrogens (tertiary/aromatic N) is 1. The molecule has 5 nitrogen and oxygen atoms in total. The van der Waals surface area contributed by atoms with E-state index in [1.165, 1.54) is 10.6 Å². The number of nitrogens with one attached hydrogen (secondary N) is 1. The molecule has 1 aliphatic heterocycles. The second kappa shape index (κ2) is 4.57. The van der Waals surface area contributed by atoms with Gasteiger partial charge in [-0.3, -0.25) is 0 Å². The molecule has 0 aliphatic carbocycles. The van der Waals surface area contributed by atoms with Crippen molar-refractivity contribution < 1.29 is 13.2 Å². The maximum Gasteiger partial charge on any atom is 0.211 e. The summed E-state index contributed by atoms with van der Waals surface area (Å²) in [6, 6.07) is 0.202. The van der Waals surface area contributed by atoms with Gasteiger partial charge in [0.1, 0.15) is 0 Å². The lowest BCUT2D eigenvalue weighted by Gasteiger charge is -2.32. The smallest absolute Gasteiger partial charge is 0.211 e. The molecule has 1 heterocycles. The molecule has 1 saturated heterocycles. The molecule has 6 heteroatoms. The minimum Gasteiger partial charge on any atom is -0.374 e. The quantitative estimate of drug-likeness (QED) is 0.683. The van der Waals surface area contributed by atoms with Crippen LogP contribution in [0, 0.1) is 0 Å². The monoisotopic (exact) mass is 222 g/mol. The number of hydrogen-bond donors (Lipinski definition) is 1. The van der Waals surface area contributed by atoms with E-state index in [2.05, 4.69) is 5.32 Å². The number of morpholine rings is 1. The lowest BCUT2D eigenvalue weighted by molar-refractivity contribution is -0.00567. The second-order valence-electron chi connectivity index (χ2n) is 3.70. The van der Waals surface area contributed by atoms with Crippen molar-refractivity contribution in [2.24, 2.45) is 0 Å². The molecule has 0 amide bonds. The van der Waals surface area contributed by atoms with E-state index < -0.39 is 10.0 Å². The number of likely N-dealkylation sites (N-methyl/N-ethyl adjacent to an activating group) is 1. The van der Waals surface area contributed by atoms with Gasteiger partial charge >= 0.3 is 0 Å². The summed E-state index contributed by atoms with van der Waals surface area (Å²) < 4.78 is 29.1. The first-order chi connectivity index (χ1) is 6.41. The van der Waals surface area contributed by atoms with Crippen LogP contribution >= 0.6 is 0 Å². The topological polar surface area (TPSA) is 58.6 Å². The molecule has 0 aromatic rings. The fourth-order valence-electron chi connectivity index (χ4n) is 1.37. The first-order valence-corrected chi connectivity index (χ1v) is 6.52. The summed E-state index contributed by atoms with van der Waals surface area (Å²) in [5, 5.41) is 3.24. The van der Waals surface area contributed by atoms with E-state index in [-0.39, 0.29) is 12.1 Å². The van der Waals surface area contributed by atoms with Crippen molar-refractivity contribution in [2.45, 2.75) is 19.1 Å². The van der Waals surface area contributed by atoms with Gasteiger partial charge in [-0.1, -0.05) is 0 Å². The average molecular weight is 222 g/mol. The molecule has 1 fully saturated rings. The van der Waals surface area contributed by atoms with Crippen molar-refractivity contribution in [1.82, 2.24) is 9.62 Å². The third kappa shape index (κ3) is 3.20. The molecule has 0 aromatic heterocycles. The lowest BCUT2D eigenvalue weighted by atomic mass is 10.1. The van der Waals surface area contributed by atoms with Crippen molar-refractivity contribution >= 4 is 10.0 Å². The Balaban J connectivity index is 2.50. The SMILES string of the molecule is C[C@@H]1NCCO[C@@H]1CN(C)S(C)(=O)=O. The van der Waals surface area contributed by atoms with E-state index in [0.29, 0.717) is 13.2 Å². The van der Waals surface area contributed by atoms with Crippen LogP contribution in [0.1, 0.15) is 6.92 Å². The average Bonchev–Trinajstić information content (AvgIpc) is 2.07. The molecule has 84 valence electrons. The lowest BCUT2D eigenvalue weighted by Crippen LogP contribution is -2.51. The van der Waals surface area contributed by atoms with Gasteiger partial charge in [0.25, 0.3) is 0 Å². The van der Waals surface area contributed by atoms with Crippen LogP contribution in [-0.4, -0.2) is 57.9 Å². The van der Waals surface area contributed by atoms with E-state index in [1.807, 2.05) is 6.92 Å². The van der Waals surface area contributed by atoms with Crippen molar-refractivity contribution in [3.05, 3.63) is 0 Å². The largest absolute Gasteiger partial charge is 0.374 e. The van der Waals surface area contributed by atoms with Crippen molar-refractivity contribution in [2.75, 3.05) is 33.0 Å². The Bertz CT molecular complexity index is 278. The molecule has 0 radical (unpaired) electrons. The molecule has 1 aliphatic rings. The van der Waals surface area contributed by atoms with Crippen LogP contribution in [0.3, 0.4) is 0 Å². The maximum atomic E-state index is 11.2. The second-order valence-corrected chi connectivity index (χ2v) is 5.78. The van der Waals surface area contributed by atoms with Gasteiger partial charge in [-0.2, -0.15) is 0 Å². The Labute approximate surface area is 85.5 Å². The molecular formula is C8H18N2O3S. The Hall–Kier alpha value is -0.170. The third-order valence-electron chi connectivity index (χ3n) is 2.46. The summed E-state index contributed by atoms with van der Waals surface area (Å²) in [6.07, 6.45) is 1.15. The van der Waals surface area contributed by atoms with Crippen LogP contribution in [0.15, 0.2) is 0 Å². The zero-order valence-corrected chi connectivity index (χ0v) is 9.67. The van der Waals surface area contributed by atoms with E-state index in [9.17, 15) is 8.42 Å². The molecule has 0 aromatic carbocycles. The molecule has 1 rings (SSSR count). The highest BCUT2D eigenvalue weighted by Gasteiger charge is 2.25. The predicted molar refractivity (Wildman–Crippen MR) is 54.7 cm³/mol. The Morgan fingerprint density at radius 3 is 2.71 bits per heavy atom. The highest BCUT2D eigenvalue weighted by atomic mass is 32.2. The van der Waals surface area contributed by atoms with Crippen molar-refractivity contribution in [3.63, 3.8) is 0 Å². The summed E-state index contributed by atoms with van der Waals surface area (Å²) in [5.41, 5.74) is 0. The summed E-state index contributed by atoms with van der Waals surface area (Å²) in [6.45, 7) is 3.89. The van der Waals surface area contributed by atoms with Gasteiger partial charge in [0.05, 0.1) is 19.0 Å². The standard InChI is InChI=1S/C8H18N2O3S/c1-7-8(13-5-4-9-7)6-10(2)14(3,11)12/h7-9H,4-6H2,1-3H3/t7-,8+/m0/s1. The van der Waals surface area contributed by atoms with Crippen LogP contribution in [0.2, 0.25) is 0 Å². The molecule has 0 saturated carbocycles. The molecular weight excluding hydrogens is 204 g/mol. The van der Waals surface area contributed by atoms with Gasteiger partial charge in [-0.05, 0) is 6.92 Å². The number of ether oxygens (including phenoxy) is 1. The Morgan fingerprint density at radius 1 is 1.57 bits per heavy atom. The predicted octanol–water partition coefficient (Wildman–Crippen LogP) is -0.745. The summed E-state index contributed by atoms with van der Waals surface area (Å²) in [5.74, 6) is 0. The van der Waals surface area contributed by atoms with E-state index in [0.717, 1.165) is 6.54 Å². The van der Waals surface area contributed by atoms with E-state index in [4.69, 9.17) is 4.74 Å². The van der Waals surface area contributed by atoms with Gasteiger partial charge in [-0.25, -0.2) is 12.7 Å². The number of rotatable bonds is 3. The zero-order valence-electron chi connectivity index (χ0n) is 8.86. The van der Waals surface area contributed by atoms with Crippen LogP contribution < -0.4 is 5.32 Å². The maximum absolute atomic E-state index is 11.2. The first kappa shape index (κ1) is 11.9. The fraction of sp³-hybridized carbons (Fsp3) is 1.00. The van der Waals surface area contributed by atoms with E-state index in [1.54, 1.807) is 7.05 Å². The summed E-state index contributed by atoms with van der Waals surface area (Å²) >= 11 is 0. The summed E-state index contributed by atoms with van der Waals surface area (Å²) in [7, 11) is -1.53. The Kier molecular flexibility index (Phi) is 3.88. The highest BCUT2D eigenvalue weighted by Crippen LogP contribution is 2.07. The third-order valence-corrected chi connectivity index (χ3v) is 3.74. The van der Waals surface area contributed by atoms with Gasteiger partial charge < -0.3 is 10.1 Å². The van der Waals surface area contributed by atoms with Gasteiger partial charge in [0, 0.05) is 26.2 Å². The minimum atomic E-state index is -3.10. The van der Waals surface area contributed by atoms with E-state index >= 15 is 0 Å². The minimum absolute atomic E-state index is 0.0523. The van der Waals surface area contributed by atoms with Gasteiger partial charge in [0.2, 0.25) is 10.0 Å². The van der Waals surface area contributed by atoms with Crippen LogP contribution in [0.5, 0.6) is 0 Å². The van der Waals surface area contributed by atoms with Crippen molar-refractivity contribution in [3.8, 4) is 0 Å². The zero-order chi connectivity index (χ0) is 10.8. The van der Waals surface area contributed by atoms with Crippen molar-refractivity contribution in [1.29, 1.82) is 0 Å². The van der Waals surface area contributed by atoms with Crippen LogP contribution in [0.4, 0.5) is 0 Å².